The number of rotatable bonds is 10. The zero-order valence-electron chi connectivity index (χ0n) is 24.5. The first-order valence-electron chi connectivity index (χ1n) is 14.6. The molecule has 1 fully saturated rings. The summed E-state index contributed by atoms with van der Waals surface area (Å²) in [5, 5.41) is 19.2. The standard InChI is InChI=1S/C32H32F2N6O4S/c1-20(41)32-31(25-17-23(33)7-10-27(25)36-32)28-19-40(38-37-28)18-21-11-14-39(15-12-21)16-13-35-45(43,44)24-8-5-22(6-9-24)30-26(34)3-2-4-29(30)42/h2-10,17,19,21,35-36,42H,11-16,18H2,1H3. The topological polar surface area (TPSA) is 133 Å². The second kappa shape index (κ2) is 12.5. The van der Waals surface area contributed by atoms with Gasteiger partial charge in [-0.3, -0.25) is 9.48 Å². The van der Waals surface area contributed by atoms with E-state index < -0.39 is 21.7 Å². The van der Waals surface area contributed by atoms with Gasteiger partial charge in [0.25, 0.3) is 0 Å². The molecule has 0 amide bonds. The van der Waals surface area contributed by atoms with Gasteiger partial charge < -0.3 is 15.0 Å². The van der Waals surface area contributed by atoms with Gasteiger partial charge in [0.2, 0.25) is 10.0 Å². The minimum absolute atomic E-state index is 0.0233. The fraction of sp³-hybridized carbons (Fsp3) is 0.281. The normalized spacial score (nSPS) is 14.7. The third-order valence-corrected chi connectivity index (χ3v) is 9.70. The van der Waals surface area contributed by atoms with Crippen LogP contribution >= 0.6 is 0 Å². The maximum absolute atomic E-state index is 14.2. The average molecular weight is 635 g/mol. The number of aromatic hydroxyl groups is 1. The van der Waals surface area contributed by atoms with E-state index in [-0.39, 0.29) is 28.5 Å². The van der Waals surface area contributed by atoms with Crippen molar-refractivity contribution in [2.45, 2.75) is 31.2 Å². The molecule has 3 heterocycles. The number of aromatic nitrogens is 4. The number of carbonyl (C=O) groups excluding carboxylic acids is 1. The molecule has 0 unspecified atom stereocenters. The zero-order chi connectivity index (χ0) is 31.7. The molecule has 3 N–H and O–H groups in total. The summed E-state index contributed by atoms with van der Waals surface area (Å²) in [4.78, 5) is 17.6. The molecule has 5 aromatic rings. The molecule has 6 rings (SSSR count). The molecule has 234 valence electrons. The predicted molar refractivity (Wildman–Crippen MR) is 165 cm³/mol. The largest absolute Gasteiger partial charge is 0.507 e. The number of phenolic OH excluding ortho intramolecular Hbond substituents is 1. The number of H-pyrrole nitrogens is 1. The molecule has 0 saturated carbocycles. The number of benzene rings is 3. The van der Waals surface area contributed by atoms with Crippen LogP contribution in [-0.2, 0) is 16.6 Å². The van der Waals surface area contributed by atoms with Gasteiger partial charge in [0.1, 0.15) is 23.1 Å². The molecule has 1 aliphatic rings. The molecule has 13 heteroatoms. The molecular formula is C32H32F2N6O4S. The van der Waals surface area contributed by atoms with Crippen LogP contribution in [0.5, 0.6) is 5.75 Å². The summed E-state index contributed by atoms with van der Waals surface area (Å²) in [5.41, 5.74) is 2.47. The van der Waals surface area contributed by atoms with Gasteiger partial charge in [0.05, 0.1) is 22.3 Å². The van der Waals surface area contributed by atoms with Gasteiger partial charge in [0, 0.05) is 43.0 Å². The van der Waals surface area contributed by atoms with Gasteiger partial charge in [-0.1, -0.05) is 23.4 Å². The minimum atomic E-state index is -3.77. The number of sulfonamides is 1. The number of hydrogen-bond acceptors (Lipinski definition) is 7. The van der Waals surface area contributed by atoms with Gasteiger partial charge in [0.15, 0.2) is 5.78 Å². The van der Waals surface area contributed by atoms with Crippen molar-refractivity contribution in [2.75, 3.05) is 26.2 Å². The Bertz CT molecular complexity index is 1950. The maximum atomic E-state index is 14.2. The number of nitrogens with one attached hydrogen (secondary N) is 2. The van der Waals surface area contributed by atoms with E-state index in [0.717, 1.165) is 25.9 Å². The lowest BCUT2D eigenvalue weighted by Crippen LogP contribution is -2.40. The number of hydrogen-bond donors (Lipinski definition) is 3. The van der Waals surface area contributed by atoms with Crippen LogP contribution in [0.4, 0.5) is 8.78 Å². The number of Topliss-reactive ketones (excluding diaryl/α,β-unsaturated/α-hetero) is 1. The Hall–Kier alpha value is -4.46. The molecule has 0 aliphatic carbocycles. The SMILES string of the molecule is CC(=O)c1[nH]c2ccc(F)cc2c1-c1cn(CC2CCN(CCNS(=O)(=O)c3ccc(-c4c(O)cccc4F)cc3)CC2)nn1. The van der Waals surface area contributed by atoms with Gasteiger partial charge >= 0.3 is 0 Å². The number of piperidine rings is 1. The van der Waals surface area contributed by atoms with Gasteiger partial charge in [-0.2, -0.15) is 0 Å². The summed E-state index contributed by atoms with van der Waals surface area (Å²) in [7, 11) is -3.77. The van der Waals surface area contributed by atoms with Crippen molar-refractivity contribution in [3.05, 3.63) is 84.2 Å². The number of phenols is 1. The summed E-state index contributed by atoms with van der Waals surface area (Å²) in [6, 6.07) is 14.1. The number of halogens is 2. The van der Waals surface area contributed by atoms with Crippen molar-refractivity contribution in [1.29, 1.82) is 0 Å². The van der Waals surface area contributed by atoms with Crippen LogP contribution in [0.1, 0.15) is 30.3 Å². The number of fused-ring (bicyclic) bond motifs is 1. The number of carbonyl (C=O) groups is 1. The molecule has 0 spiro atoms. The van der Waals surface area contributed by atoms with Crippen LogP contribution in [0, 0.1) is 17.6 Å². The summed E-state index contributed by atoms with van der Waals surface area (Å²) in [5.74, 6) is -1.05. The van der Waals surface area contributed by atoms with E-state index >= 15 is 0 Å². The van der Waals surface area contributed by atoms with Crippen LogP contribution in [-0.4, -0.2) is 70.4 Å². The minimum Gasteiger partial charge on any atom is -0.507 e. The van der Waals surface area contributed by atoms with Crippen LogP contribution in [0.25, 0.3) is 33.3 Å². The zero-order valence-corrected chi connectivity index (χ0v) is 25.3. The number of nitrogens with zero attached hydrogens (tertiary/aromatic N) is 4. The van der Waals surface area contributed by atoms with E-state index in [1.54, 1.807) is 16.9 Å². The number of aromatic amines is 1. The third kappa shape index (κ3) is 6.51. The van der Waals surface area contributed by atoms with E-state index in [4.69, 9.17) is 0 Å². The Balaban J connectivity index is 1.01. The molecule has 0 bridgehead atoms. The quantitative estimate of drug-likeness (QED) is 0.185. The fourth-order valence-corrected chi connectivity index (χ4v) is 6.90. The Kier molecular flexibility index (Phi) is 8.49. The molecular weight excluding hydrogens is 602 g/mol. The van der Waals surface area contributed by atoms with Crippen LogP contribution < -0.4 is 4.72 Å². The van der Waals surface area contributed by atoms with Gasteiger partial charge in [-0.05, 0) is 79.9 Å². The van der Waals surface area contributed by atoms with Crippen molar-refractivity contribution in [3.63, 3.8) is 0 Å². The lowest BCUT2D eigenvalue weighted by Gasteiger charge is -2.31. The van der Waals surface area contributed by atoms with Crippen molar-refractivity contribution in [3.8, 4) is 28.1 Å². The highest BCUT2D eigenvalue weighted by molar-refractivity contribution is 7.89. The monoisotopic (exact) mass is 634 g/mol. The van der Waals surface area contributed by atoms with E-state index in [9.17, 15) is 27.1 Å². The second-order valence-electron chi connectivity index (χ2n) is 11.3. The molecule has 1 aliphatic heterocycles. The van der Waals surface area contributed by atoms with Gasteiger partial charge in [-0.25, -0.2) is 21.9 Å². The first kappa shape index (κ1) is 30.6. The number of likely N-dealkylation sites (tertiary alicyclic amines) is 1. The molecule has 0 radical (unpaired) electrons. The first-order valence-corrected chi connectivity index (χ1v) is 16.1. The Morgan fingerprint density at radius 3 is 2.53 bits per heavy atom. The van der Waals surface area contributed by atoms with E-state index in [1.807, 2.05) is 0 Å². The summed E-state index contributed by atoms with van der Waals surface area (Å²) >= 11 is 0. The Labute approximate surface area is 258 Å². The summed E-state index contributed by atoms with van der Waals surface area (Å²) < 4.78 is 58.2. The van der Waals surface area contributed by atoms with Crippen molar-refractivity contribution >= 4 is 26.7 Å². The Morgan fingerprint density at radius 1 is 1.07 bits per heavy atom. The highest BCUT2D eigenvalue weighted by Crippen LogP contribution is 2.33. The summed E-state index contributed by atoms with van der Waals surface area (Å²) in [6.45, 7) is 4.47. The van der Waals surface area contributed by atoms with Crippen LogP contribution in [0.3, 0.4) is 0 Å². The lowest BCUT2D eigenvalue weighted by molar-refractivity contribution is 0.101. The van der Waals surface area contributed by atoms with E-state index in [0.29, 0.717) is 52.4 Å². The number of ketones is 1. The van der Waals surface area contributed by atoms with Crippen molar-refractivity contribution < 1.29 is 27.1 Å². The van der Waals surface area contributed by atoms with Crippen molar-refractivity contribution in [1.82, 2.24) is 29.6 Å². The molecule has 1 saturated heterocycles. The highest BCUT2D eigenvalue weighted by Gasteiger charge is 2.23. The van der Waals surface area contributed by atoms with Crippen molar-refractivity contribution in [2.24, 2.45) is 5.92 Å². The molecule has 45 heavy (non-hydrogen) atoms. The molecule has 3 aromatic carbocycles. The van der Waals surface area contributed by atoms with Crippen LogP contribution in [0.2, 0.25) is 0 Å². The fourth-order valence-electron chi connectivity index (χ4n) is 5.87. The summed E-state index contributed by atoms with van der Waals surface area (Å²) in [6.07, 6.45) is 3.57. The average Bonchev–Trinajstić information content (AvgIpc) is 3.62. The van der Waals surface area contributed by atoms with Gasteiger partial charge in [-0.15, -0.1) is 5.10 Å². The molecule has 2 aromatic heterocycles. The lowest BCUT2D eigenvalue weighted by atomic mass is 9.97. The Morgan fingerprint density at radius 2 is 1.82 bits per heavy atom. The third-order valence-electron chi connectivity index (χ3n) is 8.22. The second-order valence-corrected chi connectivity index (χ2v) is 13.1. The smallest absolute Gasteiger partial charge is 0.240 e. The maximum Gasteiger partial charge on any atom is 0.240 e. The molecule has 10 nitrogen and oxygen atoms in total. The molecule has 0 atom stereocenters. The van der Waals surface area contributed by atoms with E-state index in [2.05, 4.69) is 24.9 Å². The predicted octanol–water partition coefficient (Wildman–Crippen LogP) is 4.97. The van der Waals surface area contributed by atoms with E-state index in [1.165, 1.54) is 61.5 Å². The van der Waals surface area contributed by atoms with Crippen LogP contribution in [0.15, 0.2) is 71.8 Å². The first-order chi connectivity index (χ1) is 21.6. The highest BCUT2D eigenvalue weighted by atomic mass is 32.2.